The standard InChI is InChI=1S/C15H28N2O/c1-18-14-7-4-6-13(14)17-11-5-10-16-15(12-17)8-2-3-9-15/h13-14,16H,2-12H2,1H3. The van der Waals surface area contributed by atoms with E-state index in [1.807, 2.05) is 7.11 Å². The van der Waals surface area contributed by atoms with E-state index in [2.05, 4.69) is 10.2 Å². The van der Waals surface area contributed by atoms with Crippen molar-refractivity contribution < 1.29 is 4.74 Å². The minimum absolute atomic E-state index is 0.442. The van der Waals surface area contributed by atoms with E-state index in [1.165, 1.54) is 71.0 Å². The topological polar surface area (TPSA) is 24.5 Å². The first-order valence-corrected chi connectivity index (χ1v) is 7.85. The molecule has 1 heterocycles. The van der Waals surface area contributed by atoms with Gasteiger partial charge in [0.1, 0.15) is 0 Å². The van der Waals surface area contributed by atoms with Gasteiger partial charge in [-0.1, -0.05) is 12.8 Å². The molecule has 0 aromatic carbocycles. The first kappa shape index (κ1) is 12.9. The normalized spacial score (nSPS) is 37.2. The number of rotatable bonds is 2. The average Bonchev–Trinajstić information content (AvgIpc) is 2.97. The summed E-state index contributed by atoms with van der Waals surface area (Å²) in [6, 6.07) is 0.687. The molecule has 3 fully saturated rings. The SMILES string of the molecule is COC1CCCC1N1CCCNC2(CCCC2)C1. The van der Waals surface area contributed by atoms with Crippen molar-refractivity contribution in [2.45, 2.75) is 69.1 Å². The van der Waals surface area contributed by atoms with Crippen molar-refractivity contribution in [3.05, 3.63) is 0 Å². The van der Waals surface area contributed by atoms with Crippen LogP contribution in [0.5, 0.6) is 0 Å². The summed E-state index contributed by atoms with van der Waals surface area (Å²) in [7, 11) is 1.89. The van der Waals surface area contributed by atoms with Crippen molar-refractivity contribution in [2.24, 2.45) is 0 Å². The molecule has 1 aliphatic heterocycles. The summed E-state index contributed by atoms with van der Waals surface area (Å²) in [6.07, 6.45) is 11.3. The lowest BCUT2D eigenvalue weighted by atomic mass is 9.96. The lowest BCUT2D eigenvalue weighted by molar-refractivity contribution is 0.0257. The lowest BCUT2D eigenvalue weighted by Crippen LogP contribution is -2.53. The molecule has 2 unspecified atom stereocenters. The molecule has 0 aromatic rings. The molecule has 3 heteroatoms. The zero-order valence-electron chi connectivity index (χ0n) is 11.8. The van der Waals surface area contributed by atoms with E-state index in [4.69, 9.17) is 4.74 Å². The van der Waals surface area contributed by atoms with Gasteiger partial charge in [-0.05, 0) is 51.6 Å². The van der Waals surface area contributed by atoms with Crippen LogP contribution < -0.4 is 5.32 Å². The molecule has 0 amide bonds. The third-order valence-corrected chi connectivity index (χ3v) is 5.38. The number of nitrogens with one attached hydrogen (secondary N) is 1. The lowest BCUT2D eigenvalue weighted by Gasteiger charge is -2.38. The number of hydrogen-bond acceptors (Lipinski definition) is 3. The van der Waals surface area contributed by atoms with Crippen LogP contribution in [0.4, 0.5) is 0 Å². The molecule has 3 rings (SSSR count). The van der Waals surface area contributed by atoms with Crippen molar-refractivity contribution in [1.82, 2.24) is 10.2 Å². The third-order valence-electron chi connectivity index (χ3n) is 5.38. The Morgan fingerprint density at radius 2 is 1.94 bits per heavy atom. The van der Waals surface area contributed by atoms with Crippen LogP contribution in [0.25, 0.3) is 0 Å². The van der Waals surface area contributed by atoms with Crippen LogP contribution in [0, 0.1) is 0 Å². The monoisotopic (exact) mass is 252 g/mol. The van der Waals surface area contributed by atoms with Crippen LogP contribution in [0.3, 0.4) is 0 Å². The molecular weight excluding hydrogens is 224 g/mol. The van der Waals surface area contributed by atoms with Gasteiger partial charge in [-0.3, -0.25) is 4.90 Å². The Labute approximate surface area is 111 Å². The highest BCUT2D eigenvalue weighted by molar-refractivity contribution is 4.99. The summed E-state index contributed by atoms with van der Waals surface area (Å²) >= 11 is 0. The highest BCUT2D eigenvalue weighted by atomic mass is 16.5. The number of methoxy groups -OCH3 is 1. The number of hydrogen-bond donors (Lipinski definition) is 1. The Bertz CT molecular complexity index is 276. The molecule has 2 atom stereocenters. The van der Waals surface area contributed by atoms with Gasteiger partial charge in [0.25, 0.3) is 0 Å². The summed E-state index contributed by atoms with van der Waals surface area (Å²) in [4.78, 5) is 2.76. The quantitative estimate of drug-likeness (QED) is 0.815. The summed E-state index contributed by atoms with van der Waals surface area (Å²) < 4.78 is 5.71. The van der Waals surface area contributed by atoms with Crippen molar-refractivity contribution in [1.29, 1.82) is 0 Å². The summed E-state index contributed by atoms with van der Waals surface area (Å²) in [5.74, 6) is 0. The van der Waals surface area contributed by atoms with Crippen molar-refractivity contribution >= 4 is 0 Å². The number of nitrogens with zero attached hydrogens (tertiary/aromatic N) is 1. The van der Waals surface area contributed by atoms with Gasteiger partial charge < -0.3 is 10.1 Å². The number of ether oxygens (including phenoxy) is 1. The molecule has 3 aliphatic rings. The fourth-order valence-electron chi connectivity index (χ4n) is 4.43. The molecule has 1 N–H and O–H groups in total. The van der Waals surface area contributed by atoms with Crippen LogP contribution >= 0.6 is 0 Å². The Hall–Kier alpha value is -0.120. The maximum Gasteiger partial charge on any atom is 0.0726 e. The van der Waals surface area contributed by atoms with Crippen molar-refractivity contribution in [2.75, 3.05) is 26.7 Å². The van der Waals surface area contributed by atoms with E-state index >= 15 is 0 Å². The molecule has 18 heavy (non-hydrogen) atoms. The minimum Gasteiger partial charge on any atom is -0.380 e. The molecule has 1 spiro atoms. The summed E-state index contributed by atoms with van der Waals surface area (Å²) in [6.45, 7) is 3.73. The molecule has 3 nitrogen and oxygen atoms in total. The maximum atomic E-state index is 5.71. The Kier molecular flexibility index (Phi) is 3.92. The molecule has 0 bridgehead atoms. The van der Waals surface area contributed by atoms with E-state index in [0.717, 1.165) is 0 Å². The second-order valence-electron chi connectivity index (χ2n) is 6.51. The summed E-state index contributed by atoms with van der Waals surface area (Å²) in [5, 5.41) is 3.86. The predicted octanol–water partition coefficient (Wildman–Crippen LogP) is 2.16. The van der Waals surface area contributed by atoms with Crippen molar-refractivity contribution in [3.63, 3.8) is 0 Å². The van der Waals surface area contributed by atoms with E-state index in [-0.39, 0.29) is 0 Å². The molecule has 1 saturated heterocycles. The largest absolute Gasteiger partial charge is 0.380 e. The molecule has 104 valence electrons. The van der Waals surface area contributed by atoms with Crippen LogP contribution in [0.2, 0.25) is 0 Å². The molecule has 0 radical (unpaired) electrons. The van der Waals surface area contributed by atoms with Crippen LogP contribution in [-0.4, -0.2) is 49.3 Å². The van der Waals surface area contributed by atoms with Gasteiger partial charge in [-0.25, -0.2) is 0 Å². The molecular formula is C15H28N2O. The van der Waals surface area contributed by atoms with Crippen molar-refractivity contribution in [3.8, 4) is 0 Å². The van der Waals surface area contributed by atoms with E-state index < -0.39 is 0 Å². The Morgan fingerprint density at radius 3 is 2.72 bits per heavy atom. The molecule has 2 saturated carbocycles. The maximum absolute atomic E-state index is 5.71. The highest BCUT2D eigenvalue weighted by Crippen LogP contribution is 2.35. The zero-order valence-corrected chi connectivity index (χ0v) is 11.8. The first-order chi connectivity index (χ1) is 8.83. The van der Waals surface area contributed by atoms with Crippen LogP contribution in [0.1, 0.15) is 51.4 Å². The predicted molar refractivity (Wildman–Crippen MR) is 73.8 cm³/mol. The second-order valence-corrected chi connectivity index (χ2v) is 6.51. The van der Waals surface area contributed by atoms with E-state index in [9.17, 15) is 0 Å². The van der Waals surface area contributed by atoms with E-state index in [1.54, 1.807) is 0 Å². The van der Waals surface area contributed by atoms with Crippen LogP contribution in [-0.2, 0) is 4.74 Å². The fourth-order valence-corrected chi connectivity index (χ4v) is 4.43. The third kappa shape index (κ3) is 2.45. The smallest absolute Gasteiger partial charge is 0.0726 e. The highest BCUT2D eigenvalue weighted by Gasteiger charge is 2.40. The molecule has 2 aliphatic carbocycles. The van der Waals surface area contributed by atoms with Crippen LogP contribution in [0.15, 0.2) is 0 Å². The second kappa shape index (κ2) is 5.48. The molecule has 0 aromatic heterocycles. The Morgan fingerprint density at radius 1 is 1.11 bits per heavy atom. The van der Waals surface area contributed by atoms with Gasteiger partial charge in [0.2, 0.25) is 0 Å². The van der Waals surface area contributed by atoms with Gasteiger partial charge in [0, 0.05) is 25.2 Å². The zero-order chi connectivity index (χ0) is 12.4. The van der Waals surface area contributed by atoms with Gasteiger partial charge in [-0.15, -0.1) is 0 Å². The average molecular weight is 252 g/mol. The summed E-state index contributed by atoms with van der Waals surface area (Å²) in [5.41, 5.74) is 0.442. The van der Waals surface area contributed by atoms with E-state index in [0.29, 0.717) is 17.7 Å². The van der Waals surface area contributed by atoms with Gasteiger partial charge in [0.15, 0.2) is 0 Å². The van der Waals surface area contributed by atoms with Gasteiger partial charge in [-0.2, -0.15) is 0 Å². The minimum atomic E-state index is 0.442. The fraction of sp³-hybridized carbons (Fsp3) is 1.00. The first-order valence-electron chi connectivity index (χ1n) is 7.85. The van der Waals surface area contributed by atoms with Gasteiger partial charge >= 0.3 is 0 Å². The van der Waals surface area contributed by atoms with Gasteiger partial charge in [0.05, 0.1) is 6.10 Å². The Balaban J connectivity index is 1.70.